The van der Waals surface area contributed by atoms with Crippen LogP contribution in [0.15, 0.2) is 48.5 Å². The SMILES string of the molecule is O=Cc1c(Cc2ccc(F)cc2)[nH]c2ccccc12. The van der Waals surface area contributed by atoms with E-state index in [1.54, 1.807) is 12.1 Å². The molecule has 0 fully saturated rings. The number of rotatable bonds is 3. The lowest BCUT2D eigenvalue weighted by atomic mass is 10.1. The van der Waals surface area contributed by atoms with Crippen LogP contribution >= 0.6 is 0 Å². The molecular formula is C16H12FNO. The van der Waals surface area contributed by atoms with Gasteiger partial charge in [-0.25, -0.2) is 4.39 Å². The molecule has 0 unspecified atom stereocenters. The average molecular weight is 253 g/mol. The van der Waals surface area contributed by atoms with Crippen LogP contribution in [0.4, 0.5) is 4.39 Å². The maximum absolute atomic E-state index is 12.9. The first-order chi connectivity index (χ1) is 9.28. The molecule has 1 N–H and O–H groups in total. The fourth-order valence-electron chi connectivity index (χ4n) is 2.30. The highest BCUT2D eigenvalue weighted by Gasteiger charge is 2.10. The molecule has 94 valence electrons. The van der Waals surface area contributed by atoms with Crippen molar-refractivity contribution in [2.75, 3.05) is 0 Å². The number of hydrogen-bond acceptors (Lipinski definition) is 1. The third-order valence-electron chi connectivity index (χ3n) is 3.24. The molecule has 2 nitrogen and oxygen atoms in total. The molecule has 0 radical (unpaired) electrons. The molecule has 0 amide bonds. The van der Waals surface area contributed by atoms with Crippen molar-refractivity contribution < 1.29 is 9.18 Å². The van der Waals surface area contributed by atoms with Crippen molar-refractivity contribution in [2.45, 2.75) is 6.42 Å². The molecule has 1 aromatic heterocycles. The molecule has 2 aromatic carbocycles. The maximum atomic E-state index is 12.9. The summed E-state index contributed by atoms with van der Waals surface area (Å²) in [5.74, 6) is -0.254. The lowest BCUT2D eigenvalue weighted by Crippen LogP contribution is -1.93. The van der Waals surface area contributed by atoms with E-state index in [1.807, 2.05) is 24.3 Å². The number of aldehydes is 1. The third-order valence-corrected chi connectivity index (χ3v) is 3.24. The molecule has 0 spiro atoms. The number of hydrogen-bond donors (Lipinski definition) is 1. The zero-order chi connectivity index (χ0) is 13.2. The van der Waals surface area contributed by atoms with E-state index in [4.69, 9.17) is 0 Å². The summed E-state index contributed by atoms with van der Waals surface area (Å²) >= 11 is 0. The van der Waals surface area contributed by atoms with Crippen molar-refractivity contribution in [2.24, 2.45) is 0 Å². The summed E-state index contributed by atoms with van der Waals surface area (Å²) in [6, 6.07) is 14.0. The molecule has 0 atom stereocenters. The number of carbonyl (C=O) groups is 1. The van der Waals surface area contributed by atoms with Gasteiger partial charge in [0.05, 0.1) is 0 Å². The summed E-state index contributed by atoms with van der Waals surface area (Å²) in [5, 5.41) is 0.926. The second-order valence-corrected chi connectivity index (χ2v) is 4.48. The smallest absolute Gasteiger partial charge is 0.152 e. The van der Waals surface area contributed by atoms with Gasteiger partial charge in [0.2, 0.25) is 0 Å². The Labute approximate surface area is 109 Å². The van der Waals surface area contributed by atoms with Gasteiger partial charge in [0.15, 0.2) is 6.29 Å². The molecule has 0 aliphatic rings. The molecule has 0 aliphatic heterocycles. The molecule has 0 saturated carbocycles. The highest BCUT2D eigenvalue weighted by Crippen LogP contribution is 2.22. The topological polar surface area (TPSA) is 32.9 Å². The predicted octanol–water partition coefficient (Wildman–Crippen LogP) is 3.71. The summed E-state index contributed by atoms with van der Waals surface area (Å²) in [6.07, 6.45) is 1.46. The van der Waals surface area contributed by atoms with Gasteiger partial charge in [0, 0.05) is 28.6 Å². The van der Waals surface area contributed by atoms with E-state index in [1.165, 1.54) is 12.1 Å². The average Bonchev–Trinajstić information content (AvgIpc) is 2.78. The van der Waals surface area contributed by atoms with Crippen molar-refractivity contribution >= 4 is 17.2 Å². The summed E-state index contributed by atoms with van der Waals surface area (Å²) < 4.78 is 12.9. The summed E-state index contributed by atoms with van der Waals surface area (Å²) in [6.45, 7) is 0. The first-order valence-corrected chi connectivity index (χ1v) is 6.07. The number of nitrogens with one attached hydrogen (secondary N) is 1. The Bertz CT molecular complexity index is 728. The summed E-state index contributed by atoms with van der Waals surface area (Å²) in [5.41, 5.74) is 3.46. The van der Waals surface area contributed by atoms with E-state index in [9.17, 15) is 9.18 Å². The van der Waals surface area contributed by atoms with E-state index in [-0.39, 0.29) is 5.82 Å². The minimum Gasteiger partial charge on any atom is -0.358 e. The van der Waals surface area contributed by atoms with Crippen molar-refractivity contribution in [3.05, 3.63) is 71.2 Å². The maximum Gasteiger partial charge on any atom is 0.152 e. The normalized spacial score (nSPS) is 10.8. The molecule has 0 bridgehead atoms. The van der Waals surface area contributed by atoms with E-state index >= 15 is 0 Å². The van der Waals surface area contributed by atoms with Crippen LogP contribution in [0.1, 0.15) is 21.6 Å². The van der Waals surface area contributed by atoms with Gasteiger partial charge in [-0.05, 0) is 23.8 Å². The van der Waals surface area contributed by atoms with Crippen LogP contribution in [0, 0.1) is 5.82 Å². The molecule has 3 heteroatoms. The largest absolute Gasteiger partial charge is 0.358 e. The molecule has 3 rings (SSSR count). The monoisotopic (exact) mass is 253 g/mol. The highest BCUT2D eigenvalue weighted by atomic mass is 19.1. The Hall–Kier alpha value is -2.42. The number of H-pyrrole nitrogens is 1. The first-order valence-electron chi connectivity index (χ1n) is 6.07. The number of fused-ring (bicyclic) bond motifs is 1. The minimum atomic E-state index is -0.254. The lowest BCUT2D eigenvalue weighted by molar-refractivity contribution is 0.112. The van der Waals surface area contributed by atoms with Gasteiger partial charge in [0.25, 0.3) is 0 Å². The number of para-hydroxylation sites is 1. The van der Waals surface area contributed by atoms with Crippen LogP contribution in [-0.4, -0.2) is 11.3 Å². The van der Waals surface area contributed by atoms with Crippen LogP contribution in [-0.2, 0) is 6.42 Å². The van der Waals surface area contributed by atoms with Crippen LogP contribution in [0.3, 0.4) is 0 Å². The van der Waals surface area contributed by atoms with E-state index in [2.05, 4.69) is 4.98 Å². The zero-order valence-corrected chi connectivity index (χ0v) is 10.2. The van der Waals surface area contributed by atoms with Crippen LogP contribution in [0.25, 0.3) is 10.9 Å². The van der Waals surface area contributed by atoms with Crippen molar-refractivity contribution in [1.29, 1.82) is 0 Å². The molecule has 3 aromatic rings. The van der Waals surface area contributed by atoms with Gasteiger partial charge in [-0.15, -0.1) is 0 Å². The second-order valence-electron chi connectivity index (χ2n) is 4.48. The number of aromatic nitrogens is 1. The Morgan fingerprint density at radius 2 is 1.79 bits per heavy atom. The van der Waals surface area contributed by atoms with E-state index < -0.39 is 0 Å². The van der Waals surface area contributed by atoms with Crippen LogP contribution in [0.5, 0.6) is 0 Å². The standard InChI is InChI=1S/C16H12FNO/c17-12-7-5-11(6-8-12)9-16-14(10-19)13-3-1-2-4-15(13)18-16/h1-8,10,18H,9H2. The van der Waals surface area contributed by atoms with E-state index in [0.29, 0.717) is 12.0 Å². The number of halogens is 1. The first kappa shape index (κ1) is 11.7. The molecule has 0 aliphatic carbocycles. The molecule has 0 saturated heterocycles. The Kier molecular flexibility index (Phi) is 2.88. The Morgan fingerprint density at radius 3 is 2.53 bits per heavy atom. The summed E-state index contributed by atoms with van der Waals surface area (Å²) in [4.78, 5) is 14.5. The van der Waals surface area contributed by atoms with Gasteiger partial charge in [-0.1, -0.05) is 30.3 Å². The lowest BCUT2D eigenvalue weighted by Gasteiger charge is -2.00. The van der Waals surface area contributed by atoms with Gasteiger partial charge < -0.3 is 4.98 Å². The van der Waals surface area contributed by atoms with Gasteiger partial charge in [-0.3, -0.25) is 4.79 Å². The molecule has 1 heterocycles. The van der Waals surface area contributed by atoms with Gasteiger partial charge in [0.1, 0.15) is 5.82 Å². The fraction of sp³-hybridized carbons (Fsp3) is 0.0625. The predicted molar refractivity (Wildman–Crippen MR) is 72.9 cm³/mol. The van der Waals surface area contributed by atoms with Crippen molar-refractivity contribution in [3.8, 4) is 0 Å². The molecular weight excluding hydrogens is 241 g/mol. The van der Waals surface area contributed by atoms with Crippen LogP contribution < -0.4 is 0 Å². The zero-order valence-electron chi connectivity index (χ0n) is 10.2. The van der Waals surface area contributed by atoms with Gasteiger partial charge >= 0.3 is 0 Å². The number of carbonyl (C=O) groups excluding carboxylic acids is 1. The third kappa shape index (κ3) is 2.15. The highest BCUT2D eigenvalue weighted by molar-refractivity contribution is 5.98. The second kappa shape index (κ2) is 4.69. The van der Waals surface area contributed by atoms with E-state index in [0.717, 1.165) is 28.4 Å². The Balaban J connectivity index is 2.05. The van der Waals surface area contributed by atoms with Crippen LogP contribution in [0.2, 0.25) is 0 Å². The summed E-state index contributed by atoms with van der Waals surface area (Å²) in [7, 11) is 0. The molecule has 19 heavy (non-hydrogen) atoms. The minimum absolute atomic E-state index is 0.254. The van der Waals surface area contributed by atoms with Gasteiger partial charge in [-0.2, -0.15) is 0 Å². The fourth-order valence-corrected chi connectivity index (χ4v) is 2.30. The quantitative estimate of drug-likeness (QED) is 0.709. The number of aromatic amines is 1. The number of benzene rings is 2. The Morgan fingerprint density at radius 1 is 1.05 bits per heavy atom. The van der Waals surface area contributed by atoms with Crippen molar-refractivity contribution in [1.82, 2.24) is 4.98 Å². The van der Waals surface area contributed by atoms with Crippen molar-refractivity contribution in [3.63, 3.8) is 0 Å².